The third-order valence-corrected chi connectivity index (χ3v) is 1.94. The Hall–Kier alpha value is -1.69. The number of aliphatic hydroxyl groups excluding tert-OH is 1. The number of hydrogen-bond donors (Lipinski definition) is 1. The van der Waals surface area contributed by atoms with Crippen LogP contribution in [0.1, 0.15) is 11.5 Å². The monoisotopic (exact) mass is 193 g/mol. The van der Waals surface area contributed by atoms with Crippen molar-refractivity contribution >= 4 is 0 Å². The lowest BCUT2D eigenvalue weighted by Crippen LogP contribution is -2.05. The molecule has 1 N–H and O–H groups in total. The van der Waals surface area contributed by atoms with E-state index in [2.05, 4.69) is 15.3 Å². The molecule has 6 nitrogen and oxygen atoms in total. The predicted octanol–water partition coefficient (Wildman–Crippen LogP) is -0.448. The van der Waals surface area contributed by atoms with Gasteiger partial charge >= 0.3 is 0 Å². The van der Waals surface area contributed by atoms with Crippen LogP contribution < -0.4 is 0 Å². The normalized spacial score (nSPS) is 10.7. The summed E-state index contributed by atoms with van der Waals surface area (Å²) in [6.07, 6.45) is 3.46. The lowest BCUT2D eigenvalue weighted by Gasteiger charge is -2.00. The van der Waals surface area contributed by atoms with E-state index in [1.54, 1.807) is 15.6 Å². The number of aliphatic hydroxyl groups is 1. The van der Waals surface area contributed by atoms with Crippen molar-refractivity contribution in [1.82, 2.24) is 24.5 Å². The van der Waals surface area contributed by atoms with Gasteiger partial charge in [0.25, 0.3) is 0 Å². The molecule has 0 aromatic carbocycles. The summed E-state index contributed by atoms with van der Waals surface area (Å²) in [5.41, 5.74) is 0.919. The predicted molar refractivity (Wildman–Crippen MR) is 48.3 cm³/mol. The van der Waals surface area contributed by atoms with E-state index in [1.807, 2.05) is 19.3 Å². The van der Waals surface area contributed by atoms with Crippen molar-refractivity contribution in [2.75, 3.05) is 0 Å². The largest absolute Gasteiger partial charge is 0.388 e. The molecule has 0 aliphatic carbocycles. The van der Waals surface area contributed by atoms with Gasteiger partial charge in [-0.3, -0.25) is 4.68 Å². The fourth-order valence-electron chi connectivity index (χ4n) is 1.26. The number of hydrogen-bond acceptors (Lipinski definition) is 4. The van der Waals surface area contributed by atoms with Gasteiger partial charge in [-0.15, -0.1) is 10.2 Å². The van der Waals surface area contributed by atoms with Gasteiger partial charge in [0.2, 0.25) is 0 Å². The zero-order valence-corrected chi connectivity index (χ0v) is 7.83. The Morgan fingerprint density at radius 3 is 3.00 bits per heavy atom. The summed E-state index contributed by atoms with van der Waals surface area (Å²) in [5.74, 6) is 0.552. The first-order chi connectivity index (χ1) is 6.79. The molecule has 0 amide bonds. The molecule has 0 saturated heterocycles. The third kappa shape index (κ3) is 1.64. The number of aromatic nitrogens is 5. The van der Waals surface area contributed by atoms with Crippen molar-refractivity contribution < 1.29 is 5.11 Å². The Balaban J connectivity index is 2.18. The third-order valence-electron chi connectivity index (χ3n) is 1.94. The molecule has 6 heteroatoms. The Bertz CT molecular complexity index is 419. The highest BCUT2D eigenvalue weighted by molar-refractivity contribution is 5.01. The van der Waals surface area contributed by atoms with E-state index in [0.29, 0.717) is 12.4 Å². The molecule has 2 aromatic rings. The summed E-state index contributed by atoms with van der Waals surface area (Å²) < 4.78 is 3.50. The van der Waals surface area contributed by atoms with Crippen LogP contribution in [0.4, 0.5) is 0 Å². The van der Waals surface area contributed by atoms with Gasteiger partial charge in [0.1, 0.15) is 12.9 Å². The maximum absolute atomic E-state index is 8.94. The minimum Gasteiger partial charge on any atom is -0.388 e. The van der Waals surface area contributed by atoms with Crippen molar-refractivity contribution in [1.29, 1.82) is 0 Å². The maximum Gasteiger partial charge on any atom is 0.158 e. The van der Waals surface area contributed by atoms with Gasteiger partial charge < -0.3 is 9.67 Å². The van der Waals surface area contributed by atoms with Crippen LogP contribution in [-0.2, 0) is 20.2 Å². The first-order valence-corrected chi connectivity index (χ1v) is 4.25. The van der Waals surface area contributed by atoms with Crippen LogP contribution in [0.25, 0.3) is 0 Å². The van der Waals surface area contributed by atoms with Crippen LogP contribution in [-0.4, -0.2) is 29.7 Å². The van der Waals surface area contributed by atoms with Gasteiger partial charge in [-0.05, 0) is 6.07 Å². The molecule has 0 unspecified atom stereocenters. The molecule has 14 heavy (non-hydrogen) atoms. The van der Waals surface area contributed by atoms with Gasteiger partial charge in [-0.2, -0.15) is 5.10 Å². The maximum atomic E-state index is 8.94. The Kier molecular flexibility index (Phi) is 2.28. The smallest absolute Gasteiger partial charge is 0.158 e. The zero-order chi connectivity index (χ0) is 9.97. The standard InChI is InChI=1S/C8H11N5O/c1-12-3-2-7(11-12)4-13-6-9-10-8(13)5-14/h2-3,6,14H,4-5H2,1H3. The molecule has 0 bridgehead atoms. The molecule has 0 fully saturated rings. The zero-order valence-electron chi connectivity index (χ0n) is 7.83. The van der Waals surface area contributed by atoms with E-state index in [4.69, 9.17) is 5.11 Å². The highest BCUT2D eigenvalue weighted by Gasteiger charge is 2.04. The molecule has 0 saturated carbocycles. The van der Waals surface area contributed by atoms with Crippen molar-refractivity contribution in [3.8, 4) is 0 Å². The fourth-order valence-corrected chi connectivity index (χ4v) is 1.26. The Labute approximate surface area is 80.8 Å². The average Bonchev–Trinajstić information content (AvgIpc) is 2.76. The topological polar surface area (TPSA) is 68.8 Å². The second-order valence-electron chi connectivity index (χ2n) is 3.01. The van der Waals surface area contributed by atoms with E-state index < -0.39 is 0 Å². The number of rotatable bonds is 3. The first kappa shape index (κ1) is 8.89. The van der Waals surface area contributed by atoms with Crippen LogP contribution >= 0.6 is 0 Å². The van der Waals surface area contributed by atoms with Gasteiger partial charge in [0.05, 0.1) is 12.2 Å². The minimum atomic E-state index is -0.104. The second-order valence-corrected chi connectivity index (χ2v) is 3.01. The number of nitrogens with zero attached hydrogens (tertiary/aromatic N) is 5. The van der Waals surface area contributed by atoms with Crippen LogP contribution in [0, 0.1) is 0 Å². The molecular weight excluding hydrogens is 182 g/mol. The van der Waals surface area contributed by atoms with Crippen LogP contribution in [0.2, 0.25) is 0 Å². The van der Waals surface area contributed by atoms with E-state index in [1.165, 1.54) is 0 Å². The molecule has 0 spiro atoms. The highest BCUT2D eigenvalue weighted by Crippen LogP contribution is 2.01. The molecule has 0 atom stereocenters. The van der Waals surface area contributed by atoms with E-state index in [-0.39, 0.29) is 6.61 Å². The molecule has 2 aromatic heterocycles. The van der Waals surface area contributed by atoms with Crippen molar-refractivity contribution in [2.45, 2.75) is 13.2 Å². The summed E-state index contributed by atoms with van der Waals surface area (Å²) in [6, 6.07) is 1.92. The first-order valence-electron chi connectivity index (χ1n) is 4.25. The Morgan fingerprint density at radius 1 is 1.50 bits per heavy atom. The van der Waals surface area contributed by atoms with Crippen LogP contribution in [0.15, 0.2) is 18.6 Å². The van der Waals surface area contributed by atoms with Crippen LogP contribution in [0.3, 0.4) is 0 Å². The molecule has 2 rings (SSSR count). The van der Waals surface area contributed by atoms with Gasteiger partial charge in [0, 0.05) is 13.2 Å². The molecular formula is C8H11N5O. The summed E-state index contributed by atoms with van der Waals surface area (Å²) in [5, 5.41) is 20.6. The summed E-state index contributed by atoms with van der Waals surface area (Å²) in [4.78, 5) is 0. The SMILES string of the molecule is Cn1ccc(Cn2cnnc2CO)n1. The van der Waals surface area contributed by atoms with E-state index >= 15 is 0 Å². The fraction of sp³-hybridized carbons (Fsp3) is 0.375. The summed E-state index contributed by atoms with van der Waals surface area (Å²) in [7, 11) is 1.86. The molecule has 0 radical (unpaired) electrons. The minimum absolute atomic E-state index is 0.104. The van der Waals surface area contributed by atoms with Gasteiger partial charge in [0.15, 0.2) is 5.82 Å². The van der Waals surface area contributed by atoms with Crippen molar-refractivity contribution in [3.63, 3.8) is 0 Å². The molecule has 74 valence electrons. The summed E-state index contributed by atoms with van der Waals surface area (Å²) >= 11 is 0. The number of aryl methyl sites for hydroxylation is 1. The van der Waals surface area contributed by atoms with E-state index in [0.717, 1.165) is 5.69 Å². The van der Waals surface area contributed by atoms with Gasteiger partial charge in [-0.1, -0.05) is 0 Å². The molecule has 2 heterocycles. The Morgan fingerprint density at radius 2 is 2.36 bits per heavy atom. The highest BCUT2D eigenvalue weighted by atomic mass is 16.3. The lowest BCUT2D eigenvalue weighted by atomic mass is 10.4. The molecule has 0 aliphatic heterocycles. The lowest BCUT2D eigenvalue weighted by molar-refractivity contribution is 0.265. The van der Waals surface area contributed by atoms with E-state index in [9.17, 15) is 0 Å². The van der Waals surface area contributed by atoms with Gasteiger partial charge in [-0.25, -0.2) is 0 Å². The quantitative estimate of drug-likeness (QED) is 0.717. The van der Waals surface area contributed by atoms with Crippen molar-refractivity contribution in [2.24, 2.45) is 7.05 Å². The molecule has 0 aliphatic rings. The van der Waals surface area contributed by atoms with Crippen LogP contribution in [0.5, 0.6) is 0 Å². The van der Waals surface area contributed by atoms with Crippen molar-refractivity contribution in [3.05, 3.63) is 30.1 Å². The second kappa shape index (κ2) is 3.59. The average molecular weight is 193 g/mol. The summed E-state index contributed by atoms with van der Waals surface area (Å²) in [6.45, 7) is 0.483.